The highest BCUT2D eigenvalue weighted by Crippen LogP contribution is 2.26. The fraction of sp³-hybridized carbons (Fsp3) is 0.176. The second-order valence-electron chi connectivity index (χ2n) is 5.47. The SMILES string of the molecule is C[C@H](Sc1nnc(-c2ccncc2)n1C)C(=O)Nc1ccc(F)cc1F. The highest BCUT2D eigenvalue weighted by atomic mass is 32.2. The summed E-state index contributed by atoms with van der Waals surface area (Å²) >= 11 is 1.19. The van der Waals surface area contributed by atoms with Gasteiger partial charge in [0.05, 0.1) is 10.9 Å². The number of nitrogens with one attached hydrogen (secondary N) is 1. The molecule has 6 nitrogen and oxygen atoms in total. The van der Waals surface area contributed by atoms with Crippen molar-refractivity contribution in [2.24, 2.45) is 7.05 Å². The summed E-state index contributed by atoms with van der Waals surface area (Å²) in [5.74, 6) is -1.30. The van der Waals surface area contributed by atoms with Crippen LogP contribution in [0.15, 0.2) is 47.9 Å². The van der Waals surface area contributed by atoms with Gasteiger partial charge in [0.25, 0.3) is 0 Å². The van der Waals surface area contributed by atoms with Crippen LogP contribution in [-0.4, -0.2) is 30.9 Å². The molecule has 2 aromatic heterocycles. The predicted molar refractivity (Wildman–Crippen MR) is 94.5 cm³/mol. The highest BCUT2D eigenvalue weighted by Gasteiger charge is 2.20. The van der Waals surface area contributed by atoms with Crippen molar-refractivity contribution >= 4 is 23.4 Å². The number of carbonyl (C=O) groups is 1. The summed E-state index contributed by atoms with van der Waals surface area (Å²) in [5.41, 5.74) is 0.784. The molecule has 1 atom stereocenters. The number of rotatable bonds is 5. The first kappa shape index (κ1) is 18.0. The quantitative estimate of drug-likeness (QED) is 0.693. The molecule has 2 heterocycles. The number of amides is 1. The van der Waals surface area contributed by atoms with E-state index in [1.807, 2.05) is 12.1 Å². The molecule has 1 amide bonds. The molecule has 134 valence electrons. The molecule has 0 aliphatic carbocycles. The zero-order valence-corrected chi connectivity index (χ0v) is 14.8. The molecule has 0 fully saturated rings. The summed E-state index contributed by atoms with van der Waals surface area (Å²) in [6.07, 6.45) is 3.31. The van der Waals surface area contributed by atoms with E-state index < -0.39 is 22.8 Å². The summed E-state index contributed by atoms with van der Waals surface area (Å²) in [6, 6.07) is 6.61. The number of pyridine rings is 1. The monoisotopic (exact) mass is 375 g/mol. The molecule has 0 bridgehead atoms. The van der Waals surface area contributed by atoms with E-state index in [9.17, 15) is 13.6 Å². The van der Waals surface area contributed by atoms with E-state index in [4.69, 9.17) is 0 Å². The summed E-state index contributed by atoms with van der Waals surface area (Å²) in [4.78, 5) is 16.2. The van der Waals surface area contributed by atoms with Gasteiger partial charge < -0.3 is 9.88 Å². The third-order valence-corrected chi connectivity index (χ3v) is 4.75. The van der Waals surface area contributed by atoms with Crippen LogP contribution in [0, 0.1) is 11.6 Å². The zero-order chi connectivity index (χ0) is 18.7. The summed E-state index contributed by atoms with van der Waals surface area (Å²) < 4.78 is 28.4. The maximum atomic E-state index is 13.7. The van der Waals surface area contributed by atoms with Gasteiger partial charge in [0.1, 0.15) is 11.6 Å². The lowest BCUT2D eigenvalue weighted by molar-refractivity contribution is -0.115. The fourth-order valence-corrected chi connectivity index (χ4v) is 3.02. The van der Waals surface area contributed by atoms with Crippen LogP contribution in [0.4, 0.5) is 14.5 Å². The Morgan fingerprint density at radius 2 is 1.92 bits per heavy atom. The average Bonchev–Trinajstić information content (AvgIpc) is 2.98. The van der Waals surface area contributed by atoms with Crippen LogP contribution in [0.2, 0.25) is 0 Å². The van der Waals surface area contributed by atoms with Gasteiger partial charge in [-0.3, -0.25) is 9.78 Å². The molecular formula is C17H15F2N5OS. The van der Waals surface area contributed by atoms with E-state index in [2.05, 4.69) is 20.5 Å². The maximum absolute atomic E-state index is 13.7. The van der Waals surface area contributed by atoms with Crippen molar-refractivity contribution in [3.63, 3.8) is 0 Å². The number of thioether (sulfide) groups is 1. The van der Waals surface area contributed by atoms with E-state index in [0.717, 1.165) is 17.7 Å². The number of hydrogen-bond acceptors (Lipinski definition) is 5. The molecule has 26 heavy (non-hydrogen) atoms. The zero-order valence-electron chi connectivity index (χ0n) is 14.0. The number of anilines is 1. The fourth-order valence-electron chi connectivity index (χ4n) is 2.21. The molecule has 0 spiro atoms. The van der Waals surface area contributed by atoms with Gasteiger partial charge in [-0.2, -0.15) is 0 Å². The highest BCUT2D eigenvalue weighted by molar-refractivity contribution is 8.00. The first-order valence-corrected chi connectivity index (χ1v) is 8.56. The number of aromatic nitrogens is 4. The van der Waals surface area contributed by atoms with Crippen LogP contribution >= 0.6 is 11.8 Å². The van der Waals surface area contributed by atoms with Gasteiger partial charge in [-0.25, -0.2) is 8.78 Å². The van der Waals surface area contributed by atoms with Gasteiger partial charge in [-0.15, -0.1) is 10.2 Å². The Balaban J connectivity index is 1.71. The van der Waals surface area contributed by atoms with Gasteiger partial charge in [-0.1, -0.05) is 11.8 Å². The van der Waals surface area contributed by atoms with Gasteiger partial charge in [0.15, 0.2) is 11.0 Å². The lowest BCUT2D eigenvalue weighted by atomic mass is 10.2. The molecule has 1 N–H and O–H groups in total. The van der Waals surface area contributed by atoms with Crippen molar-refractivity contribution in [1.29, 1.82) is 0 Å². The third kappa shape index (κ3) is 3.88. The second kappa shape index (κ2) is 7.61. The van der Waals surface area contributed by atoms with Gasteiger partial charge in [0.2, 0.25) is 5.91 Å². The van der Waals surface area contributed by atoms with Crippen LogP contribution < -0.4 is 5.32 Å². The van der Waals surface area contributed by atoms with Crippen molar-refractivity contribution < 1.29 is 13.6 Å². The minimum atomic E-state index is -0.825. The summed E-state index contributed by atoms with van der Waals surface area (Å²) in [5, 5.41) is 10.7. The lowest BCUT2D eigenvalue weighted by Gasteiger charge is -2.12. The van der Waals surface area contributed by atoms with Gasteiger partial charge in [0, 0.05) is 31.1 Å². The maximum Gasteiger partial charge on any atom is 0.237 e. The molecule has 0 aliphatic heterocycles. The molecule has 1 aromatic carbocycles. The van der Waals surface area contributed by atoms with Crippen molar-refractivity contribution in [2.45, 2.75) is 17.3 Å². The Hall–Kier alpha value is -2.81. The van der Waals surface area contributed by atoms with Crippen molar-refractivity contribution in [2.75, 3.05) is 5.32 Å². The first-order chi connectivity index (χ1) is 12.5. The lowest BCUT2D eigenvalue weighted by Crippen LogP contribution is -2.23. The minimum absolute atomic E-state index is 0.0701. The van der Waals surface area contributed by atoms with E-state index in [0.29, 0.717) is 11.0 Å². The molecule has 0 saturated heterocycles. The molecule has 0 unspecified atom stereocenters. The molecule has 0 aliphatic rings. The molecule has 0 saturated carbocycles. The smallest absolute Gasteiger partial charge is 0.237 e. The molecule has 3 aromatic rings. The third-order valence-electron chi connectivity index (χ3n) is 3.61. The van der Waals surface area contributed by atoms with Crippen LogP contribution in [0.5, 0.6) is 0 Å². The molecular weight excluding hydrogens is 360 g/mol. The van der Waals surface area contributed by atoms with Crippen LogP contribution in [0.1, 0.15) is 6.92 Å². The number of carbonyl (C=O) groups excluding carboxylic acids is 1. The van der Waals surface area contributed by atoms with Crippen LogP contribution in [0.3, 0.4) is 0 Å². The first-order valence-electron chi connectivity index (χ1n) is 7.68. The van der Waals surface area contributed by atoms with Gasteiger partial charge in [-0.05, 0) is 31.2 Å². The normalized spacial score (nSPS) is 12.0. The van der Waals surface area contributed by atoms with Crippen LogP contribution in [-0.2, 0) is 11.8 Å². The Kier molecular flexibility index (Phi) is 5.27. The van der Waals surface area contributed by atoms with Crippen molar-refractivity contribution in [3.8, 4) is 11.4 Å². The number of benzene rings is 1. The van der Waals surface area contributed by atoms with E-state index in [1.165, 1.54) is 17.8 Å². The Labute approximate surface area is 152 Å². The summed E-state index contributed by atoms with van der Waals surface area (Å²) in [7, 11) is 1.79. The van der Waals surface area contributed by atoms with Crippen LogP contribution in [0.25, 0.3) is 11.4 Å². The minimum Gasteiger partial charge on any atom is -0.323 e. The largest absolute Gasteiger partial charge is 0.323 e. The second-order valence-corrected chi connectivity index (χ2v) is 6.78. The Morgan fingerprint density at radius 1 is 1.19 bits per heavy atom. The van der Waals surface area contributed by atoms with Crippen molar-refractivity contribution in [1.82, 2.24) is 19.7 Å². The molecule has 3 rings (SSSR count). The van der Waals surface area contributed by atoms with Gasteiger partial charge >= 0.3 is 0 Å². The molecule has 9 heteroatoms. The van der Waals surface area contributed by atoms with E-state index in [1.54, 1.807) is 30.9 Å². The van der Waals surface area contributed by atoms with E-state index >= 15 is 0 Å². The van der Waals surface area contributed by atoms with E-state index in [-0.39, 0.29) is 5.69 Å². The number of halogens is 2. The number of hydrogen-bond donors (Lipinski definition) is 1. The average molecular weight is 375 g/mol. The predicted octanol–water partition coefficient (Wildman–Crippen LogP) is 3.27. The Bertz CT molecular complexity index is 932. The molecule has 0 radical (unpaired) electrons. The Morgan fingerprint density at radius 3 is 2.62 bits per heavy atom. The summed E-state index contributed by atoms with van der Waals surface area (Å²) in [6.45, 7) is 1.67. The number of nitrogens with zero attached hydrogens (tertiary/aromatic N) is 4. The van der Waals surface area contributed by atoms with Crippen molar-refractivity contribution in [3.05, 3.63) is 54.4 Å². The topological polar surface area (TPSA) is 72.7 Å². The standard InChI is InChI=1S/C17H15F2N5OS/c1-10(16(25)21-14-4-3-12(18)9-13(14)19)26-17-23-22-15(24(17)2)11-5-7-20-8-6-11/h3-10H,1-2H3,(H,21,25)/t10-/m0/s1.